The van der Waals surface area contributed by atoms with Crippen LogP contribution < -0.4 is 5.73 Å². The lowest BCUT2D eigenvalue weighted by molar-refractivity contribution is -0.142. The third-order valence-corrected chi connectivity index (χ3v) is 2.88. The van der Waals surface area contributed by atoms with Crippen molar-refractivity contribution in [3.63, 3.8) is 0 Å². The number of aliphatic carboxylic acids is 1. The van der Waals surface area contributed by atoms with E-state index in [-0.39, 0.29) is 12.0 Å². The first-order chi connectivity index (χ1) is 10.1. The zero-order valence-electron chi connectivity index (χ0n) is 11.4. The average molecular weight is 291 g/mol. The fourth-order valence-electron chi connectivity index (χ4n) is 1.83. The zero-order chi connectivity index (χ0) is 15.7. The summed E-state index contributed by atoms with van der Waals surface area (Å²) in [5, 5.41) is 13.2. The molecule has 1 rings (SSSR count). The number of carbonyl (C=O) groups is 2. The topological polar surface area (TPSA) is 132 Å². The largest absolute Gasteiger partial charge is 0.478 e. The number of nitrogens with two attached hydrogens (primary N) is 1. The molecule has 1 atom stereocenters. The second-order valence-electron chi connectivity index (χ2n) is 4.33. The molecule has 0 bridgehead atoms. The van der Waals surface area contributed by atoms with Crippen molar-refractivity contribution >= 4 is 11.9 Å². The summed E-state index contributed by atoms with van der Waals surface area (Å²) in [6, 6.07) is 6.87. The van der Waals surface area contributed by atoms with Crippen LogP contribution in [0.2, 0.25) is 0 Å². The maximum Gasteiger partial charge on any atom is 0.349 e. The highest BCUT2D eigenvalue weighted by atomic mass is 16.4. The van der Waals surface area contributed by atoms with E-state index >= 15 is 0 Å². The Balaban J connectivity index is 2.99. The van der Waals surface area contributed by atoms with Gasteiger partial charge in [-0.15, -0.1) is 5.53 Å². The van der Waals surface area contributed by atoms with Crippen LogP contribution >= 0.6 is 0 Å². The maximum atomic E-state index is 12.3. The Morgan fingerprint density at radius 1 is 1.33 bits per heavy atom. The molecule has 1 aromatic rings. The summed E-state index contributed by atoms with van der Waals surface area (Å²) in [6.45, 7) is 0.431. The van der Waals surface area contributed by atoms with E-state index in [9.17, 15) is 14.7 Å². The van der Waals surface area contributed by atoms with Crippen LogP contribution in [0.4, 0.5) is 0 Å². The van der Waals surface area contributed by atoms with Crippen molar-refractivity contribution in [1.82, 2.24) is 5.01 Å². The van der Waals surface area contributed by atoms with Crippen LogP contribution in [0.3, 0.4) is 0 Å². The minimum atomic E-state index is -1.22. The molecule has 0 aliphatic carbocycles. The Labute approximate surface area is 121 Å². The molecule has 8 nitrogen and oxygen atoms in total. The summed E-state index contributed by atoms with van der Waals surface area (Å²) < 4.78 is 0. The van der Waals surface area contributed by atoms with E-state index in [0.717, 1.165) is 0 Å². The van der Waals surface area contributed by atoms with Gasteiger partial charge in [0.1, 0.15) is 0 Å². The highest BCUT2D eigenvalue weighted by molar-refractivity contribution is 5.96. The highest BCUT2D eigenvalue weighted by Gasteiger charge is 2.34. The Morgan fingerprint density at radius 2 is 2.00 bits per heavy atom. The molecule has 0 saturated carbocycles. The van der Waals surface area contributed by atoms with Crippen LogP contribution in [0.1, 0.15) is 29.6 Å². The smallest absolute Gasteiger partial charge is 0.349 e. The second kappa shape index (κ2) is 8.57. The normalized spacial score (nSPS) is 11.3. The lowest BCUT2D eigenvalue weighted by atomic mass is 10.1. The van der Waals surface area contributed by atoms with Crippen molar-refractivity contribution in [2.24, 2.45) is 11.0 Å². The molecule has 1 amide bonds. The number of amides is 1. The Hall–Kier alpha value is -2.57. The lowest BCUT2D eigenvalue weighted by Crippen LogP contribution is -2.41. The Bertz CT molecular complexity index is 528. The Morgan fingerprint density at radius 3 is 2.52 bits per heavy atom. The number of rotatable bonds is 8. The molecule has 0 fully saturated rings. The predicted octanol–water partition coefficient (Wildman–Crippen LogP) is 1.94. The number of carboxylic acids is 1. The number of hydrogen-bond acceptors (Lipinski definition) is 4. The van der Waals surface area contributed by atoms with E-state index in [1.165, 1.54) is 12.1 Å². The number of carboxylic acid groups (broad SMARTS) is 1. The van der Waals surface area contributed by atoms with Gasteiger partial charge < -0.3 is 10.8 Å². The summed E-state index contributed by atoms with van der Waals surface area (Å²) >= 11 is 0. The van der Waals surface area contributed by atoms with Crippen LogP contribution in [-0.2, 0) is 4.79 Å². The number of benzene rings is 1. The van der Waals surface area contributed by atoms with Crippen molar-refractivity contribution in [2.45, 2.75) is 25.3 Å². The van der Waals surface area contributed by atoms with Crippen molar-refractivity contribution in [3.8, 4) is 0 Å². The van der Waals surface area contributed by atoms with Gasteiger partial charge in [-0.2, -0.15) is 9.92 Å². The summed E-state index contributed by atoms with van der Waals surface area (Å²) in [4.78, 5) is 26.2. The monoisotopic (exact) mass is 291 g/mol. The van der Waals surface area contributed by atoms with Crippen LogP contribution in [0, 0.1) is 0 Å². The molecule has 3 N–H and O–H groups in total. The van der Waals surface area contributed by atoms with Crippen LogP contribution in [0.15, 0.2) is 35.6 Å². The number of hydrogen-bond donors (Lipinski definition) is 2. The summed E-state index contributed by atoms with van der Waals surface area (Å²) in [5.41, 5.74) is 14.2. The number of unbranched alkanes of at least 4 members (excludes halogenated alkanes) is 1. The van der Waals surface area contributed by atoms with E-state index in [4.69, 9.17) is 11.3 Å². The average Bonchev–Trinajstić information content (AvgIpc) is 2.50. The van der Waals surface area contributed by atoms with E-state index < -0.39 is 17.9 Å². The number of nitrogens with zero attached hydrogens (tertiary/aromatic N) is 4. The molecule has 0 aliphatic rings. The van der Waals surface area contributed by atoms with Crippen molar-refractivity contribution < 1.29 is 14.7 Å². The molecule has 0 heterocycles. The Kier molecular flexibility index (Phi) is 6.73. The molecule has 0 spiro atoms. The molecule has 0 aromatic heterocycles. The third-order valence-electron chi connectivity index (χ3n) is 2.88. The molecular weight excluding hydrogens is 274 g/mol. The van der Waals surface area contributed by atoms with Gasteiger partial charge in [-0.05, 0) is 43.2 Å². The van der Waals surface area contributed by atoms with Crippen molar-refractivity contribution in [2.75, 3.05) is 6.54 Å². The first-order valence-corrected chi connectivity index (χ1v) is 6.48. The van der Waals surface area contributed by atoms with E-state index in [1.807, 2.05) is 0 Å². The van der Waals surface area contributed by atoms with Gasteiger partial charge in [0.25, 0.3) is 0 Å². The molecule has 21 heavy (non-hydrogen) atoms. The molecular formula is C13H17N5O3. The van der Waals surface area contributed by atoms with Gasteiger partial charge in [-0.3, -0.25) is 0 Å². The molecule has 0 saturated heterocycles. The molecule has 0 aliphatic heterocycles. The minimum absolute atomic E-state index is 0.171. The number of carbonyl (C=O) groups excluding carboxylic acids is 1. The maximum absolute atomic E-state index is 12.3. The summed E-state index contributed by atoms with van der Waals surface area (Å²) in [7, 11) is 0. The molecule has 8 heteroatoms. The van der Waals surface area contributed by atoms with Crippen LogP contribution in [-0.4, -0.2) is 34.6 Å². The standard InChI is InChI=1S/C13H17N5O3/c14-9-5-4-8-11(13(20)21)18(17-16-15)12(19)10-6-2-1-3-7-10/h1-3,6-7,11H,4-5,8-9,14H2,(H,20,21)/t11-/m1/s1. The zero-order valence-corrected chi connectivity index (χ0v) is 11.4. The molecule has 0 unspecified atom stereocenters. The van der Waals surface area contributed by atoms with Crippen LogP contribution in [0.25, 0.3) is 10.4 Å². The lowest BCUT2D eigenvalue weighted by Gasteiger charge is -2.19. The van der Waals surface area contributed by atoms with Gasteiger partial charge in [0.05, 0.1) is 5.56 Å². The molecule has 1 aromatic carbocycles. The summed E-state index contributed by atoms with van der Waals surface area (Å²) in [6.07, 6.45) is 1.32. The first kappa shape index (κ1) is 16.5. The van der Waals surface area contributed by atoms with Gasteiger partial charge in [0, 0.05) is 0 Å². The van der Waals surface area contributed by atoms with E-state index in [1.54, 1.807) is 18.2 Å². The SMILES string of the molecule is [N-]=[N+]=NN(C(=O)c1ccccc1)[C@H](CCCCN)C(=O)O. The van der Waals surface area contributed by atoms with Gasteiger partial charge in [0.2, 0.25) is 6.04 Å². The van der Waals surface area contributed by atoms with E-state index in [2.05, 4.69) is 10.1 Å². The highest BCUT2D eigenvalue weighted by Crippen LogP contribution is 2.15. The van der Waals surface area contributed by atoms with Gasteiger partial charge >= 0.3 is 11.9 Å². The molecule has 112 valence electrons. The quantitative estimate of drug-likeness (QED) is 0.249. The fraction of sp³-hybridized carbons (Fsp3) is 0.385. The predicted molar refractivity (Wildman–Crippen MR) is 76.1 cm³/mol. The van der Waals surface area contributed by atoms with E-state index in [0.29, 0.717) is 24.4 Å². The first-order valence-electron chi connectivity index (χ1n) is 6.48. The minimum Gasteiger partial charge on any atom is -0.478 e. The van der Waals surface area contributed by atoms with Crippen molar-refractivity contribution in [1.29, 1.82) is 0 Å². The van der Waals surface area contributed by atoms with Gasteiger partial charge in [-0.25, -0.2) is 9.59 Å². The third kappa shape index (κ3) is 4.79. The fourth-order valence-corrected chi connectivity index (χ4v) is 1.83. The second-order valence-corrected chi connectivity index (χ2v) is 4.33. The van der Waals surface area contributed by atoms with Crippen molar-refractivity contribution in [3.05, 3.63) is 46.3 Å². The molecule has 0 radical (unpaired) electrons. The number of azide groups is 1. The summed E-state index contributed by atoms with van der Waals surface area (Å²) in [5.74, 6) is -1.86. The van der Waals surface area contributed by atoms with Crippen LogP contribution in [0.5, 0.6) is 0 Å². The van der Waals surface area contributed by atoms with Gasteiger partial charge in [0.15, 0.2) is 0 Å². The van der Waals surface area contributed by atoms with Gasteiger partial charge in [-0.1, -0.05) is 18.2 Å².